The van der Waals surface area contributed by atoms with Gasteiger partial charge in [-0.15, -0.1) is 0 Å². The molecule has 2 heteroatoms. The van der Waals surface area contributed by atoms with E-state index in [1.807, 2.05) is 18.2 Å². The van der Waals surface area contributed by atoms with Crippen molar-refractivity contribution in [2.45, 2.75) is 120 Å². The van der Waals surface area contributed by atoms with E-state index in [4.69, 9.17) is 4.74 Å². The van der Waals surface area contributed by atoms with E-state index >= 15 is 0 Å². The molecule has 0 heterocycles. The largest absolute Gasteiger partial charge is 0.460 e. The van der Waals surface area contributed by atoms with Crippen LogP contribution < -0.4 is 0 Å². The maximum Gasteiger partial charge on any atom is 0.312 e. The SMILES string of the molecule is CC1=CC[C@]2(C)[C@H]3CC[C@@H]4[C@H]5[C@H](C(C)C)CC[C@]5(C(=O)OCc5ccccc5)CC[C@@]4(C)[C@]3(C)CC[C@H]2C1(C)C. The van der Waals surface area contributed by atoms with Gasteiger partial charge in [0.15, 0.2) is 0 Å². The maximum atomic E-state index is 14.2. The highest BCUT2D eigenvalue weighted by Gasteiger charge is 2.71. The second-order valence-corrected chi connectivity index (χ2v) is 16.7. The molecule has 1 aromatic carbocycles. The molecule has 0 radical (unpaired) electrons. The van der Waals surface area contributed by atoms with Gasteiger partial charge < -0.3 is 4.74 Å². The predicted octanol–water partition coefficient (Wildman–Crippen LogP) is 10.0. The van der Waals surface area contributed by atoms with Crippen molar-refractivity contribution in [1.29, 1.82) is 0 Å². The summed E-state index contributed by atoms with van der Waals surface area (Å²) < 4.78 is 6.22. The number of hydrogen-bond acceptors (Lipinski definition) is 2. The van der Waals surface area contributed by atoms with Crippen molar-refractivity contribution < 1.29 is 9.53 Å². The fourth-order valence-corrected chi connectivity index (χ4v) is 12.4. The molecule has 0 bridgehead atoms. The van der Waals surface area contributed by atoms with Crippen molar-refractivity contribution in [2.75, 3.05) is 0 Å². The molecule has 6 rings (SSSR count). The molecule has 1 aromatic rings. The van der Waals surface area contributed by atoms with Crippen LogP contribution >= 0.6 is 0 Å². The molecule has 5 aliphatic carbocycles. The van der Waals surface area contributed by atoms with Gasteiger partial charge in [-0.3, -0.25) is 4.79 Å². The number of allylic oxidation sites excluding steroid dienone is 2. The number of benzene rings is 1. The first-order valence-corrected chi connectivity index (χ1v) is 16.7. The van der Waals surface area contributed by atoms with Crippen molar-refractivity contribution in [3.63, 3.8) is 0 Å². The third-order valence-electron chi connectivity index (χ3n) is 15.0. The van der Waals surface area contributed by atoms with Gasteiger partial charge in [-0.25, -0.2) is 0 Å². The van der Waals surface area contributed by atoms with E-state index in [1.165, 1.54) is 44.9 Å². The Morgan fingerprint density at radius 2 is 1.60 bits per heavy atom. The molecule has 220 valence electrons. The fourth-order valence-electron chi connectivity index (χ4n) is 12.4. The van der Waals surface area contributed by atoms with Crippen LogP contribution in [0.3, 0.4) is 0 Å². The number of carbonyl (C=O) groups excluding carboxylic acids is 1. The molecule has 0 spiro atoms. The summed E-state index contributed by atoms with van der Waals surface area (Å²) in [4.78, 5) is 14.2. The minimum Gasteiger partial charge on any atom is -0.460 e. The first-order chi connectivity index (χ1) is 18.8. The summed E-state index contributed by atoms with van der Waals surface area (Å²) in [5, 5.41) is 0. The zero-order chi connectivity index (χ0) is 28.7. The normalized spacial score (nSPS) is 45.5. The summed E-state index contributed by atoms with van der Waals surface area (Å²) in [7, 11) is 0. The third kappa shape index (κ3) is 3.75. The lowest BCUT2D eigenvalue weighted by molar-refractivity contribution is -0.232. The molecule has 0 N–H and O–H groups in total. The van der Waals surface area contributed by atoms with Gasteiger partial charge in [0.1, 0.15) is 6.61 Å². The van der Waals surface area contributed by atoms with Gasteiger partial charge in [-0.1, -0.05) is 90.4 Å². The summed E-state index contributed by atoms with van der Waals surface area (Å²) in [5.41, 5.74) is 3.72. The minimum atomic E-state index is -0.287. The Morgan fingerprint density at radius 3 is 2.30 bits per heavy atom. The Balaban J connectivity index is 1.34. The average Bonchev–Trinajstić information content (AvgIpc) is 3.32. The van der Waals surface area contributed by atoms with E-state index in [0.29, 0.717) is 46.5 Å². The van der Waals surface area contributed by atoms with Crippen LogP contribution in [-0.2, 0) is 16.1 Å². The molecule has 0 amide bonds. The van der Waals surface area contributed by atoms with E-state index in [0.717, 1.165) is 30.2 Å². The Labute approximate surface area is 245 Å². The molecule has 40 heavy (non-hydrogen) atoms. The Bertz CT molecular complexity index is 1160. The molecule has 2 nitrogen and oxygen atoms in total. The Morgan fingerprint density at radius 1 is 0.875 bits per heavy atom. The van der Waals surface area contributed by atoms with E-state index in [-0.39, 0.29) is 16.8 Å². The summed E-state index contributed by atoms with van der Waals surface area (Å²) in [6.45, 7) is 20.8. The predicted molar refractivity (Wildman–Crippen MR) is 164 cm³/mol. The standard InChI is InChI=1S/C38H56O2/c1-25(2)28-17-21-38(33(39)40-24-27-12-10-9-11-13-27)23-22-36(7)29(32(28)38)14-15-31-35(6)19-16-26(3)34(4,5)30(35)18-20-37(31,36)8/h9-13,16,25,28-32H,14-15,17-24H2,1-8H3/t28-,29+,30-,31+,32+,35-,36+,37+,38-/m0/s1. The quantitative estimate of drug-likeness (QED) is 0.278. The van der Waals surface area contributed by atoms with E-state index in [1.54, 1.807) is 5.57 Å². The lowest BCUT2D eigenvalue weighted by atomic mass is 9.32. The number of fused-ring (bicyclic) bond motifs is 7. The van der Waals surface area contributed by atoms with Crippen LogP contribution in [-0.4, -0.2) is 5.97 Å². The number of hydrogen-bond donors (Lipinski definition) is 0. The van der Waals surface area contributed by atoms with Crippen molar-refractivity contribution in [3.8, 4) is 0 Å². The molecule has 0 aromatic heterocycles. The van der Waals surface area contributed by atoms with Crippen molar-refractivity contribution in [3.05, 3.63) is 47.5 Å². The molecular formula is C38H56O2. The van der Waals surface area contributed by atoms with Gasteiger partial charge in [-0.05, 0) is 127 Å². The van der Waals surface area contributed by atoms with Crippen LogP contribution in [0.15, 0.2) is 42.0 Å². The molecule has 5 aliphatic rings. The monoisotopic (exact) mass is 544 g/mol. The fraction of sp³-hybridized carbons (Fsp3) is 0.763. The van der Waals surface area contributed by atoms with Crippen LogP contribution in [0.25, 0.3) is 0 Å². The number of esters is 1. The van der Waals surface area contributed by atoms with E-state index < -0.39 is 0 Å². The van der Waals surface area contributed by atoms with Crippen LogP contribution in [0.4, 0.5) is 0 Å². The Kier molecular flexibility index (Phi) is 6.76. The topological polar surface area (TPSA) is 26.3 Å². The summed E-state index contributed by atoms with van der Waals surface area (Å²) in [6.07, 6.45) is 13.6. The summed E-state index contributed by atoms with van der Waals surface area (Å²) in [6, 6.07) is 10.3. The minimum absolute atomic E-state index is 0.115. The van der Waals surface area contributed by atoms with E-state index in [2.05, 4.69) is 73.6 Å². The zero-order valence-electron chi connectivity index (χ0n) is 26.8. The number of ether oxygens (including phenoxy) is 1. The van der Waals surface area contributed by atoms with Gasteiger partial charge in [0.2, 0.25) is 0 Å². The number of carbonyl (C=O) groups is 1. The third-order valence-corrected chi connectivity index (χ3v) is 15.0. The molecule has 0 unspecified atom stereocenters. The molecule has 4 saturated carbocycles. The molecule has 0 saturated heterocycles. The second-order valence-electron chi connectivity index (χ2n) is 16.7. The molecule has 9 atom stereocenters. The van der Waals surface area contributed by atoms with Crippen LogP contribution in [0.2, 0.25) is 0 Å². The summed E-state index contributed by atoms with van der Waals surface area (Å²) in [5.74, 6) is 3.97. The highest BCUT2D eigenvalue weighted by molar-refractivity contribution is 5.78. The number of rotatable bonds is 4. The van der Waals surface area contributed by atoms with Gasteiger partial charge in [-0.2, -0.15) is 0 Å². The van der Waals surface area contributed by atoms with Crippen LogP contribution in [0, 0.1) is 62.6 Å². The first kappa shape index (κ1) is 28.5. The lowest BCUT2D eigenvalue weighted by Gasteiger charge is -2.72. The van der Waals surface area contributed by atoms with Gasteiger partial charge >= 0.3 is 5.97 Å². The van der Waals surface area contributed by atoms with Gasteiger partial charge in [0, 0.05) is 0 Å². The van der Waals surface area contributed by atoms with Crippen LogP contribution in [0.5, 0.6) is 0 Å². The molecule has 0 aliphatic heterocycles. The highest BCUT2D eigenvalue weighted by atomic mass is 16.5. The molecule has 4 fully saturated rings. The van der Waals surface area contributed by atoms with Gasteiger partial charge in [0.05, 0.1) is 5.41 Å². The molecular weight excluding hydrogens is 488 g/mol. The first-order valence-electron chi connectivity index (χ1n) is 16.7. The van der Waals surface area contributed by atoms with Crippen LogP contribution in [0.1, 0.15) is 119 Å². The maximum absolute atomic E-state index is 14.2. The van der Waals surface area contributed by atoms with E-state index in [9.17, 15) is 4.79 Å². The van der Waals surface area contributed by atoms with Crippen molar-refractivity contribution in [1.82, 2.24) is 0 Å². The summed E-state index contributed by atoms with van der Waals surface area (Å²) >= 11 is 0. The second kappa shape index (κ2) is 9.47. The average molecular weight is 545 g/mol. The van der Waals surface area contributed by atoms with Crippen molar-refractivity contribution >= 4 is 5.97 Å². The smallest absolute Gasteiger partial charge is 0.312 e. The highest BCUT2D eigenvalue weighted by Crippen LogP contribution is 2.77. The zero-order valence-corrected chi connectivity index (χ0v) is 26.8. The Hall–Kier alpha value is -1.57. The van der Waals surface area contributed by atoms with Gasteiger partial charge in [0.25, 0.3) is 0 Å². The lowest BCUT2D eigenvalue weighted by Crippen LogP contribution is -2.66. The van der Waals surface area contributed by atoms with Crippen molar-refractivity contribution in [2.24, 2.45) is 62.6 Å².